The van der Waals surface area contributed by atoms with E-state index in [0.717, 1.165) is 0 Å². The van der Waals surface area contributed by atoms with Crippen LogP contribution in [0.5, 0.6) is 0 Å². The molecule has 0 bridgehead atoms. The van der Waals surface area contributed by atoms with Gasteiger partial charge in [0.15, 0.2) is 6.29 Å². The first-order valence-corrected chi connectivity index (χ1v) is 4.95. The number of nitrogens with two attached hydrogens (primary N) is 1. The van der Waals surface area contributed by atoms with E-state index in [1.807, 2.05) is 0 Å². The Bertz CT molecular complexity index is 364. The molecule has 0 aromatic carbocycles. The Kier molecular flexibility index (Phi) is 3.37. The smallest absolute Gasteiger partial charge is 0.414 e. The van der Waals surface area contributed by atoms with Gasteiger partial charge in [-0.3, -0.25) is 9.69 Å². The van der Waals surface area contributed by atoms with E-state index in [1.165, 1.54) is 17.2 Å². The molecule has 0 saturated heterocycles. The third-order valence-electron chi connectivity index (χ3n) is 1.90. The molecule has 1 rings (SSSR count). The van der Waals surface area contributed by atoms with E-state index in [2.05, 4.69) is 0 Å². The van der Waals surface area contributed by atoms with Crippen molar-refractivity contribution in [2.45, 2.75) is 26.4 Å². The second-order valence-corrected chi connectivity index (χ2v) is 4.52. The summed E-state index contributed by atoms with van der Waals surface area (Å²) in [5, 5.41) is 0. The van der Waals surface area contributed by atoms with Crippen LogP contribution in [0.3, 0.4) is 0 Å². The molecule has 0 unspecified atom stereocenters. The zero-order valence-electron chi connectivity index (χ0n) is 9.69. The topological polar surface area (TPSA) is 72.6 Å². The SMILES string of the molecule is CC(C)(C)OC(=O)N1C=CC(C=O)=C(N)C1. The van der Waals surface area contributed by atoms with Crippen LogP contribution in [0, 0.1) is 0 Å². The number of hydrogen-bond donors (Lipinski definition) is 1. The van der Waals surface area contributed by atoms with Gasteiger partial charge in [0.1, 0.15) is 5.60 Å². The van der Waals surface area contributed by atoms with Gasteiger partial charge in [-0.2, -0.15) is 0 Å². The van der Waals surface area contributed by atoms with E-state index in [0.29, 0.717) is 17.6 Å². The van der Waals surface area contributed by atoms with E-state index >= 15 is 0 Å². The first kappa shape index (κ1) is 12.3. The van der Waals surface area contributed by atoms with Crippen molar-refractivity contribution in [2.24, 2.45) is 5.73 Å². The van der Waals surface area contributed by atoms with E-state index in [1.54, 1.807) is 20.8 Å². The normalized spacial score (nSPS) is 16.3. The average molecular weight is 224 g/mol. The minimum atomic E-state index is -0.547. The second-order valence-electron chi connectivity index (χ2n) is 4.52. The molecule has 0 radical (unpaired) electrons. The summed E-state index contributed by atoms with van der Waals surface area (Å²) >= 11 is 0. The van der Waals surface area contributed by atoms with Crippen LogP contribution < -0.4 is 5.73 Å². The third kappa shape index (κ3) is 3.12. The van der Waals surface area contributed by atoms with Crippen LogP contribution >= 0.6 is 0 Å². The zero-order valence-corrected chi connectivity index (χ0v) is 9.69. The number of hydrogen-bond acceptors (Lipinski definition) is 4. The van der Waals surface area contributed by atoms with Crippen LogP contribution in [-0.2, 0) is 9.53 Å². The zero-order chi connectivity index (χ0) is 12.3. The fourth-order valence-electron chi connectivity index (χ4n) is 1.17. The Hall–Kier alpha value is -1.78. The molecule has 1 heterocycles. The molecule has 1 amide bonds. The van der Waals surface area contributed by atoms with Crippen LogP contribution in [0.4, 0.5) is 4.79 Å². The van der Waals surface area contributed by atoms with Crippen molar-refractivity contribution in [2.75, 3.05) is 6.54 Å². The lowest BCUT2D eigenvalue weighted by molar-refractivity contribution is -0.104. The lowest BCUT2D eigenvalue weighted by Crippen LogP contribution is -2.37. The minimum absolute atomic E-state index is 0.180. The number of carbonyl (C=O) groups excluding carboxylic acids is 2. The number of allylic oxidation sites excluding steroid dienone is 2. The summed E-state index contributed by atoms with van der Waals surface area (Å²) in [6.07, 6.45) is 3.18. The molecule has 0 fully saturated rings. The molecule has 1 aliphatic rings. The number of aldehydes is 1. The maximum atomic E-state index is 11.6. The lowest BCUT2D eigenvalue weighted by Gasteiger charge is -2.27. The highest BCUT2D eigenvalue weighted by atomic mass is 16.6. The number of amides is 1. The number of carbonyl (C=O) groups is 2. The fourth-order valence-corrected chi connectivity index (χ4v) is 1.17. The largest absolute Gasteiger partial charge is 0.443 e. The number of rotatable bonds is 1. The van der Waals surface area contributed by atoms with Gasteiger partial charge in [-0.1, -0.05) is 0 Å². The Morgan fingerprint density at radius 1 is 1.56 bits per heavy atom. The van der Waals surface area contributed by atoms with Crippen molar-refractivity contribution in [3.05, 3.63) is 23.5 Å². The molecule has 1 aliphatic heterocycles. The minimum Gasteiger partial charge on any atom is -0.443 e. The molecule has 0 aliphatic carbocycles. The molecule has 2 N–H and O–H groups in total. The van der Waals surface area contributed by atoms with Crippen LogP contribution in [0.2, 0.25) is 0 Å². The van der Waals surface area contributed by atoms with Crippen molar-refractivity contribution in [1.82, 2.24) is 4.90 Å². The average Bonchev–Trinajstić information content (AvgIpc) is 2.15. The van der Waals surface area contributed by atoms with Crippen molar-refractivity contribution >= 4 is 12.4 Å². The highest BCUT2D eigenvalue weighted by molar-refractivity contribution is 5.80. The maximum absolute atomic E-state index is 11.6. The first-order chi connectivity index (χ1) is 7.33. The summed E-state index contributed by atoms with van der Waals surface area (Å²) in [7, 11) is 0. The van der Waals surface area contributed by atoms with Gasteiger partial charge < -0.3 is 10.5 Å². The highest BCUT2D eigenvalue weighted by Crippen LogP contribution is 2.14. The predicted octanol–water partition coefficient (Wildman–Crippen LogP) is 1.16. The monoisotopic (exact) mass is 224 g/mol. The van der Waals surface area contributed by atoms with Gasteiger partial charge in [0, 0.05) is 17.5 Å². The van der Waals surface area contributed by atoms with E-state index in [-0.39, 0.29) is 6.54 Å². The Morgan fingerprint density at radius 2 is 2.19 bits per heavy atom. The lowest BCUT2D eigenvalue weighted by atomic mass is 10.1. The quantitative estimate of drug-likeness (QED) is 0.678. The molecule has 0 spiro atoms. The van der Waals surface area contributed by atoms with Crippen LogP contribution in [0.15, 0.2) is 23.5 Å². The maximum Gasteiger partial charge on any atom is 0.414 e. The van der Waals surface area contributed by atoms with Gasteiger partial charge in [0.05, 0.1) is 6.54 Å². The Labute approximate surface area is 94.5 Å². The second kappa shape index (κ2) is 4.38. The molecule has 5 nitrogen and oxygen atoms in total. The molecular formula is C11H16N2O3. The summed E-state index contributed by atoms with van der Waals surface area (Å²) in [5.41, 5.74) is 5.85. The standard InChI is InChI=1S/C11H16N2O3/c1-11(2,3)16-10(15)13-5-4-8(7-14)9(12)6-13/h4-5,7H,6,12H2,1-3H3. The summed E-state index contributed by atoms with van der Waals surface area (Å²) in [4.78, 5) is 23.5. The molecular weight excluding hydrogens is 208 g/mol. The molecule has 0 saturated carbocycles. The van der Waals surface area contributed by atoms with Crippen molar-refractivity contribution < 1.29 is 14.3 Å². The van der Waals surface area contributed by atoms with Gasteiger partial charge in [0.25, 0.3) is 0 Å². The van der Waals surface area contributed by atoms with Crippen LogP contribution in [0.25, 0.3) is 0 Å². The van der Waals surface area contributed by atoms with Crippen LogP contribution in [0.1, 0.15) is 20.8 Å². The summed E-state index contributed by atoms with van der Waals surface area (Å²) in [6.45, 7) is 5.54. The van der Waals surface area contributed by atoms with Crippen molar-refractivity contribution in [3.63, 3.8) is 0 Å². The van der Waals surface area contributed by atoms with Gasteiger partial charge in [-0.15, -0.1) is 0 Å². The summed E-state index contributed by atoms with van der Waals surface area (Å²) in [5.74, 6) is 0. The van der Waals surface area contributed by atoms with Crippen molar-refractivity contribution in [3.8, 4) is 0 Å². The fraction of sp³-hybridized carbons (Fsp3) is 0.455. The van der Waals surface area contributed by atoms with Gasteiger partial charge >= 0.3 is 6.09 Å². The molecule has 88 valence electrons. The number of ether oxygens (including phenoxy) is 1. The molecule has 5 heteroatoms. The molecule has 16 heavy (non-hydrogen) atoms. The van der Waals surface area contributed by atoms with Crippen LogP contribution in [-0.4, -0.2) is 29.4 Å². The summed E-state index contributed by atoms with van der Waals surface area (Å²) < 4.78 is 5.16. The predicted molar refractivity (Wildman–Crippen MR) is 59.4 cm³/mol. The molecule has 0 aromatic heterocycles. The third-order valence-corrected chi connectivity index (χ3v) is 1.90. The van der Waals surface area contributed by atoms with Gasteiger partial charge in [0.2, 0.25) is 0 Å². The highest BCUT2D eigenvalue weighted by Gasteiger charge is 2.23. The Morgan fingerprint density at radius 3 is 2.62 bits per heavy atom. The van der Waals surface area contributed by atoms with Gasteiger partial charge in [-0.05, 0) is 26.8 Å². The molecule has 0 aromatic rings. The van der Waals surface area contributed by atoms with E-state index in [9.17, 15) is 9.59 Å². The van der Waals surface area contributed by atoms with E-state index < -0.39 is 11.7 Å². The van der Waals surface area contributed by atoms with E-state index in [4.69, 9.17) is 10.5 Å². The first-order valence-electron chi connectivity index (χ1n) is 4.95. The molecule has 0 atom stereocenters. The number of nitrogens with zero attached hydrogens (tertiary/aromatic N) is 1. The van der Waals surface area contributed by atoms with Gasteiger partial charge in [-0.25, -0.2) is 4.79 Å². The summed E-state index contributed by atoms with van der Waals surface area (Å²) in [6, 6.07) is 0. The Balaban J connectivity index is 2.68. The van der Waals surface area contributed by atoms with Crippen molar-refractivity contribution in [1.29, 1.82) is 0 Å².